The molecule has 0 aliphatic carbocycles. The maximum absolute atomic E-state index is 11.6. The average molecular weight is 250 g/mol. The number of aryl methyl sites for hydroxylation is 1. The summed E-state index contributed by atoms with van der Waals surface area (Å²) < 4.78 is 5.27. The Labute approximate surface area is 109 Å². The third-order valence-corrected chi connectivity index (χ3v) is 2.74. The van der Waals surface area contributed by atoms with Gasteiger partial charge in [0.05, 0.1) is 7.11 Å². The summed E-state index contributed by atoms with van der Waals surface area (Å²) in [6.07, 6.45) is 1.41. The molecule has 0 aromatic heterocycles. The smallest absolute Gasteiger partial charge is 0.220 e. The lowest BCUT2D eigenvalue weighted by atomic mass is 10.1. The summed E-state index contributed by atoms with van der Waals surface area (Å²) in [5.41, 5.74) is 2.18. The van der Waals surface area contributed by atoms with Crippen molar-refractivity contribution < 1.29 is 9.53 Å². The van der Waals surface area contributed by atoms with E-state index in [1.54, 1.807) is 7.11 Å². The maximum Gasteiger partial charge on any atom is 0.220 e. The highest BCUT2D eigenvalue weighted by Crippen LogP contribution is 2.19. The predicted molar refractivity (Wildman–Crippen MR) is 72.7 cm³/mol. The SMILES string of the molecule is CNCCCC(=O)NCc1cc(C)ccc1OC. The Morgan fingerprint density at radius 3 is 2.83 bits per heavy atom. The molecule has 2 N–H and O–H groups in total. The molecule has 0 atom stereocenters. The van der Waals surface area contributed by atoms with Crippen LogP contribution in [0.4, 0.5) is 0 Å². The highest BCUT2D eigenvalue weighted by molar-refractivity contribution is 5.75. The first-order valence-corrected chi connectivity index (χ1v) is 6.22. The molecule has 0 radical (unpaired) electrons. The second kappa shape index (κ2) is 7.71. The van der Waals surface area contributed by atoms with E-state index in [1.165, 1.54) is 0 Å². The number of carbonyl (C=O) groups excluding carboxylic acids is 1. The van der Waals surface area contributed by atoms with Gasteiger partial charge in [-0.25, -0.2) is 0 Å². The summed E-state index contributed by atoms with van der Waals surface area (Å²) in [5, 5.41) is 5.94. The zero-order valence-corrected chi connectivity index (χ0v) is 11.4. The van der Waals surface area contributed by atoms with Gasteiger partial charge in [-0.05, 0) is 33.0 Å². The summed E-state index contributed by atoms with van der Waals surface area (Å²) in [6.45, 7) is 3.40. The van der Waals surface area contributed by atoms with Crippen molar-refractivity contribution in [1.29, 1.82) is 0 Å². The number of ether oxygens (including phenoxy) is 1. The Kier molecular flexibility index (Phi) is 6.22. The Bertz CT molecular complexity index is 391. The lowest BCUT2D eigenvalue weighted by Gasteiger charge is -2.10. The van der Waals surface area contributed by atoms with Gasteiger partial charge >= 0.3 is 0 Å². The minimum Gasteiger partial charge on any atom is -0.496 e. The van der Waals surface area contributed by atoms with Crippen molar-refractivity contribution in [3.8, 4) is 5.75 Å². The minimum absolute atomic E-state index is 0.0776. The summed E-state index contributed by atoms with van der Waals surface area (Å²) in [7, 11) is 3.53. The fourth-order valence-corrected chi connectivity index (χ4v) is 1.75. The molecule has 0 bridgehead atoms. The van der Waals surface area contributed by atoms with Crippen LogP contribution in [0.3, 0.4) is 0 Å². The van der Waals surface area contributed by atoms with Crippen LogP contribution in [0.1, 0.15) is 24.0 Å². The van der Waals surface area contributed by atoms with Crippen molar-refractivity contribution in [1.82, 2.24) is 10.6 Å². The number of rotatable bonds is 7. The zero-order valence-electron chi connectivity index (χ0n) is 11.4. The van der Waals surface area contributed by atoms with Crippen LogP contribution in [0.2, 0.25) is 0 Å². The van der Waals surface area contributed by atoms with E-state index in [0.717, 1.165) is 29.8 Å². The Morgan fingerprint density at radius 1 is 1.39 bits per heavy atom. The van der Waals surface area contributed by atoms with Gasteiger partial charge in [0.1, 0.15) is 5.75 Å². The third kappa shape index (κ3) is 4.75. The Balaban J connectivity index is 2.47. The lowest BCUT2D eigenvalue weighted by Crippen LogP contribution is -2.24. The van der Waals surface area contributed by atoms with Crippen molar-refractivity contribution >= 4 is 5.91 Å². The first kappa shape index (κ1) is 14.5. The van der Waals surface area contributed by atoms with Gasteiger partial charge in [0.2, 0.25) is 5.91 Å². The molecule has 0 unspecified atom stereocenters. The molecular weight excluding hydrogens is 228 g/mol. The van der Waals surface area contributed by atoms with E-state index in [9.17, 15) is 4.79 Å². The molecule has 0 saturated carbocycles. The Hall–Kier alpha value is -1.55. The molecule has 1 aromatic carbocycles. The fraction of sp³-hybridized carbons (Fsp3) is 0.500. The second-order valence-electron chi connectivity index (χ2n) is 4.30. The molecule has 100 valence electrons. The molecule has 0 aliphatic rings. The Morgan fingerprint density at radius 2 is 2.17 bits per heavy atom. The summed E-state index contributed by atoms with van der Waals surface area (Å²) in [4.78, 5) is 11.6. The standard InChI is InChI=1S/C14H22N2O2/c1-11-6-7-13(18-3)12(9-11)10-16-14(17)5-4-8-15-2/h6-7,9,15H,4-5,8,10H2,1-3H3,(H,16,17). The molecule has 4 heteroatoms. The van der Waals surface area contributed by atoms with Crippen LogP contribution < -0.4 is 15.4 Å². The molecule has 0 saturated heterocycles. The number of nitrogens with one attached hydrogen (secondary N) is 2. The normalized spacial score (nSPS) is 10.2. The highest BCUT2D eigenvalue weighted by atomic mass is 16.5. The van der Waals surface area contributed by atoms with E-state index >= 15 is 0 Å². The molecule has 1 rings (SSSR count). The van der Waals surface area contributed by atoms with Gasteiger partial charge in [-0.2, -0.15) is 0 Å². The van der Waals surface area contributed by atoms with Crippen molar-refractivity contribution in [3.05, 3.63) is 29.3 Å². The third-order valence-electron chi connectivity index (χ3n) is 2.74. The van der Waals surface area contributed by atoms with Crippen molar-refractivity contribution in [2.24, 2.45) is 0 Å². The van der Waals surface area contributed by atoms with Gasteiger partial charge in [-0.15, -0.1) is 0 Å². The van der Waals surface area contributed by atoms with Crippen LogP contribution in [0.15, 0.2) is 18.2 Å². The van der Waals surface area contributed by atoms with Gasteiger partial charge in [0.25, 0.3) is 0 Å². The number of benzene rings is 1. The van der Waals surface area contributed by atoms with Crippen LogP contribution in [0.25, 0.3) is 0 Å². The first-order chi connectivity index (χ1) is 8.67. The topological polar surface area (TPSA) is 50.4 Å². The average Bonchev–Trinajstić information content (AvgIpc) is 2.37. The van der Waals surface area contributed by atoms with Crippen LogP contribution in [0, 0.1) is 6.92 Å². The van der Waals surface area contributed by atoms with E-state index < -0.39 is 0 Å². The van der Waals surface area contributed by atoms with E-state index in [0.29, 0.717) is 13.0 Å². The monoisotopic (exact) mass is 250 g/mol. The van der Waals surface area contributed by atoms with Gasteiger partial charge in [-0.3, -0.25) is 4.79 Å². The molecule has 4 nitrogen and oxygen atoms in total. The van der Waals surface area contributed by atoms with Crippen LogP contribution >= 0.6 is 0 Å². The molecule has 18 heavy (non-hydrogen) atoms. The quantitative estimate of drug-likeness (QED) is 0.723. The highest BCUT2D eigenvalue weighted by Gasteiger charge is 2.05. The lowest BCUT2D eigenvalue weighted by molar-refractivity contribution is -0.121. The largest absolute Gasteiger partial charge is 0.496 e. The molecule has 0 heterocycles. The molecule has 0 aliphatic heterocycles. The van der Waals surface area contributed by atoms with Gasteiger partial charge in [0, 0.05) is 18.5 Å². The van der Waals surface area contributed by atoms with E-state index in [2.05, 4.69) is 10.6 Å². The molecule has 1 amide bonds. The van der Waals surface area contributed by atoms with E-state index in [4.69, 9.17) is 4.74 Å². The van der Waals surface area contributed by atoms with Gasteiger partial charge in [0.15, 0.2) is 0 Å². The summed E-state index contributed by atoms with van der Waals surface area (Å²) in [6, 6.07) is 5.96. The van der Waals surface area contributed by atoms with E-state index in [1.807, 2.05) is 32.2 Å². The molecule has 0 spiro atoms. The van der Waals surface area contributed by atoms with Crippen LogP contribution in [0.5, 0.6) is 5.75 Å². The second-order valence-corrected chi connectivity index (χ2v) is 4.30. The minimum atomic E-state index is 0.0776. The van der Waals surface area contributed by atoms with Crippen molar-refractivity contribution in [2.45, 2.75) is 26.3 Å². The maximum atomic E-state index is 11.6. The fourth-order valence-electron chi connectivity index (χ4n) is 1.75. The van der Waals surface area contributed by atoms with Crippen molar-refractivity contribution in [3.63, 3.8) is 0 Å². The predicted octanol–water partition coefficient (Wildman–Crippen LogP) is 1.62. The zero-order chi connectivity index (χ0) is 13.4. The van der Waals surface area contributed by atoms with Gasteiger partial charge in [-0.1, -0.05) is 17.7 Å². The number of hydrogen-bond donors (Lipinski definition) is 2. The van der Waals surface area contributed by atoms with Crippen molar-refractivity contribution in [2.75, 3.05) is 20.7 Å². The molecule has 0 fully saturated rings. The number of carbonyl (C=O) groups is 1. The number of hydrogen-bond acceptors (Lipinski definition) is 3. The van der Waals surface area contributed by atoms with Crippen LogP contribution in [-0.4, -0.2) is 26.6 Å². The number of amides is 1. The molecule has 1 aromatic rings. The van der Waals surface area contributed by atoms with Gasteiger partial charge < -0.3 is 15.4 Å². The summed E-state index contributed by atoms with van der Waals surface area (Å²) in [5.74, 6) is 0.893. The van der Waals surface area contributed by atoms with Crippen LogP contribution in [-0.2, 0) is 11.3 Å². The first-order valence-electron chi connectivity index (χ1n) is 6.22. The summed E-state index contributed by atoms with van der Waals surface area (Å²) >= 11 is 0. The molecular formula is C14H22N2O2. The van der Waals surface area contributed by atoms with E-state index in [-0.39, 0.29) is 5.91 Å². The number of methoxy groups -OCH3 is 1.